The molecule has 2 aromatic rings. The first-order chi connectivity index (χ1) is 17.2. The molecule has 1 aromatic carbocycles. The summed E-state index contributed by atoms with van der Waals surface area (Å²) in [5.74, 6) is 5.37. The molecule has 9 nitrogen and oxygen atoms in total. The van der Waals surface area contributed by atoms with E-state index in [-0.39, 0.29) is 29.5 Å². The van der Waals surface area contributed by atoms with Crippen molar-refractivity contribution in [3.63, 3.8) is 0 Å². The van der Waals surface area contributed by atoms with Crippen molar-refractivity contribution >= 4 is 11.6 Å². The Kier molecular flexibility index (Phi) is 7.71. The summed E-state index contributed by atoms with van der Waals surface area (Å²) in [4.78, 5) is 16.2. The maximum Gasteiger partial charge on any atom is 0.246 e. The van der Waals surface area contributed by atoms with Gasteiger partial charge >= 0.3 is 0 Å². The van der Waals surface area contributed by atoms with E-state index >= 15 is 0 Å². The molecular formula is C27H33N5O4. The first-order valence-corrected chi connectivity index (χ1v) is 12.0. The first kappa shape index (κ1) is 25.8. The minimum Gasteiger partial charge on any atom is -0.474 e. The van der Waals surface area contributed by atoms with Gasteiger partial charge in [0.1, 0.15) is 11.6 Å². The van der Waals surface area contributed by atoms with E-state index in [1.807, 2.05) is 33.8 Å². The zero-order chi connectivity index (χ0) is 25.9. The van der Waals surface area contributed by atoms with E-state index < -0.39 is 5.79 Å². The third-order valence-corrected chi connectivity index (χ3v) is 6.26. The number of ether oxygens (including phenoxy) is 3. The Hall–Kier alpha value is -3.29. The second-order valence-corrected chi connectivity index (χ2v) is 9.72. The Balaban J connectivity index is 1.48. The van der Waals surface area contributed by atoms with Crippen molar-refractivity contribution in [3.8, 4) is 11.9 Å². The Morgan fingerprint density at radius 3 is 2.67 bits per heavy atom. The lowest BCUT2D eigenvalue weighted by Crippen LogP contribution is -2.51. The van der Waals surface area contributed by atoms with E-state index in [1.54, 1.807) is 6.07 Å². The molecule has 0 spiro atoms. The summed E-state index contributed by atoms with van der Waals surface area (Å²) in [6.07, 6.45) is 2.31. The lowest BCUT2D eigenvalue weighted by atomic mass is 9.95. The monoisotopic (exact) mass is 491 g/mol. The van der Waals surface area contributed by atoms with Gasteiger partial charge in [0.15, 0.2) is 5.79 Å². The number of hydrogen-bond donors (Lipinski definition) is 1. The van der Waals surface area contributed by atoms with E-state index in [0.29, 0.717) is 24.5 Å². The zero-order valence-electron chi connectivity index (χ0n) is 21.3. The molecule has 1 saturated heterocycles. The molecule has 0 saturated carbocycles. The van der Waals surface area contributed by atoms with Crippen LogP contribution in [0, 0.1) is 11.3 Å². The number of fused-ring (bicyclic) bond motifs is 1. The number of rotatable bonds is 6. The van der Waals surface area contributed by atoms with Crippen molar-refractivity contribution in [3.05, 3.63) is 64.9 Å². The van der Waals surface area contributed by atoms with Crippen LogP contribution in [0.25, 0.3) is 5.70 Å². The van der Waals surface area contributed by atoms with Crippen LogP contribution in [0.3, 0.4) is 0 Å². The van der Waals surface area contributed by atoms with Crippen LogP contribution in [0.1, 0.15) is 55.5 Å². The van der Waals surface area contributed by atoms with Gasteiger partial charge in [-0.05, 0) is 62.9 Å². The first-order valence-electron chi connectivity index (χ1n) is 12.0. The standard InChI is InChI=1S/C27H33N5O4/c1-17(2)35-25-22(12-28)11-23(13-30-25)26(36-29)31-18(3)19-6-7-21-14-32(9-8-20(21)10-19)24-15-33-27(4,5)34-16-24/h6-7,10-11,13,17,24H,3,8-9,14-16,29H2,1-2,4-5H3. The molecule has 3 heterocycles. The van der Waals surface area contributed by atoms with Crippen LogP contribution in [0.15, 0.2) is 42.0 Å². The summed E-state index contributed by atoms with van der Waals surface area (Å²) < 4.78 is 17.3. The highest BCUT2D eigenvalue weighted by Gasteiger charge is 2.33. The summed E-state index contributed by atoms with van der Waals surface area (Å²) in [6.45, 7) is 14.8. The molecule has 0 unspecified atom stereocenters. The highest BCUT2D eigenvalue weighted by Crippen LogP contribution is 2.28. The van der Waals surface area contributed by atoms with Gasteiger partial charge in [-0.1, -0.05) is 18.7 Å². The Bertz CT molecular complexity index is 1190. The van der Waals surface area contributed by atoms with E-state index in [1.165, 1.54) is 17.3 Å². The topological polar surface area (TPSA) is 115 Å². The van der Waals surface area contributed by atoms with Gasteiger partial charge in [-0.3, -0.25) is 4.90 Å². The smallest absolute Gasteiger partial charge is 0.246 e. The molecule has 0 amide bonds. The number of pyridine rings is 1. The van der Waals surface area contributed by atoms with Crippen LogP contribution in [0.5, 0.6) is 5.88 Å². The number of nitriles is 1. The molecule has 1 fully saturated rings. The summed E-state index contributed by atoms with van der Waals surface area (Å²) in [6, 6.07) is 10.2. The molecule has 190 valence electrons. The fourth-order valence-electron chi connectivity index (χ4n) is 4.27. The molecule has 2 aliphatic rings. The number of aliphatic imine (C=N–C) groups is 1. The van der Waals surface area contributed by atoms with Gasteiger partial charge < -0.3 is 19.0 Å². The Morgan fingerprint density at radius 1 is 1.25 bits per heavy atom. The molecule has 0 atom stereocenters. The van der Waals surface area contributed by atoms with Crippen molar-refractivity contribution in [2.45, 2.75) is 58.6 Å². The third kappa shape index (κ3) is 5.91. The van der Waals surface area contributed by atoms with Crippen molar-refractivity contribution < 1.29 is 19.0 Å². The molecule has 2 aliphatic heterocycles. The van der Waals surface area contributed by atoms with Crippen LogP contribution in [0.2, 0.25) is 0 Å². The maximum absolute atomic E-state index is 9.49. The van der Waals surface area contributed by atoms with Crippen molar-refractivity contribution in [2.24, 2.45) is 10.9 Å². The van der Waals surface area contributed by atoms with Gasteiger partial charge in [0.05, 0.1) is 36.6 Å². The summed E-state index contributed by atoms with van der Waals surface area (Å²) >= 11 is 0. The second-order valence-electron chi connectivity index (χ2n) is 9.72. The molecule has 0 radical (unpaired) electrons. The minimum atomic E-state index is -0.512. The fourth-order valence-corrected chi connectivity index (χ4v) is 4.27. The minimum absolute atomic E-state index is 0.110. The van der Waals surface area contributed by atoms with E-state index in [9.17, 15) is 5.26 Å². The predicted molar refractivity (Wildman–Crippen MR) is 136 cm³/mol. The van der Waals surface area contributed by atoms with Gasteiger partial charge in [0, 0.05) is 19.3 Å². The average Bonchev–Trinajstić information content (AvgIpc) is 2.86. The molecule has 0 bridgehead atoms. The number of nitrogens with zero attached hydrogens (tertiary/aromatic N) is 4. The lowest BCUT2D eigenvalue weighted by Gasteiger charge is -2.42. The Labute approximate surface area is 212 Å². The molecule has 9 heteroatoms. The van der Waals surface area contributed by atoms with Gasteiger partial charge in [-0.15, -0.1) is 0 Å². The quantitative estimate of drug-likeness (QED) is 0.371. The lowest BCUT2D eigenvalue weighted by molar-refractivity contribution is -0.264. The highest BCUT2D eigenvalue weighted by molar-refractivity contribution is 5.97. The molecular weight excluding hydrogens is 458 g/mol. The molecule has 4 rings (SSSR count). The van der Waals surface area contributed by atoms with Crippen molar-refractivity contribution in [1.82, 2.24) is 9.88 Å². The zero-order valence-corrected chi connectivity index (χ0v) is 21.3. The number of hydrogen-bond acceptors (Lipinski definition) is 9. The van der Waals surface area contributed by atoms with Gasteiger partial charge in [0.25, 0.3) is 0 Å². The second kappa shape index (κ2) is 10.8. The SMILES string of the molecule is C=C(N=C(ON)c1cnc(OC(C)C)c(C#N)c1)c1ccc2c(c1)CCN(C1COC(C)(C)OC1)C2. The van der Waals surface area contributed by atoms with E-state index in [4.69, 9.17) is 24.9 Å². The summed E-state index contributed by atoms with van der Waals surface area (Å²) in [5.41, 5.74) is 4.63. The number of nitrogens with two attached hydrogens (primary N) is 1. The predicted octanol–water partition coefficient (Wildman–Crippen LogP) is 3.56. The van der Waals surface area contributed by atoms with Crippen LogP contribution < -0.4 is 10.6 Å². The summed E-state index contributed by atoms with van der Waals surface area (Å²) in [7, 11) is 0. The fraction of sp³-hybridized carbons (Fsp3) is 0.444. The molecule has 1 aromatic heterocycles. The van der Waals surface area contributed by atoms with Crippen LogP contribution in [-0.4, -0.2) is 53.5 Å². The highest BCUT2D eigenvalue weighted by atomic mass is 16.7. The van der Waals surface area contributed by atoms with Gasteiger partial charge in [0.2, 0.25) is 11.8 Å². The molecule has 2 N–H and O–H groups in total. The van der Waals surface area contributed by atoms with Gasteiger partial charge in [-0.25, -0.2) is 9.98 Å². The number of benzene rings is 1. The van der Waals surface area contributed by atoms with E-state index in [0.717, 1.165) is 25.1 Å². The number of aromatic nitrogens is 1. The van der Waals surface area contributed by atoms with Crippen molar-refractivity contribution in [1.29, 1.82) is 5.26 Å². The van der Waals surface area contributed by atoms with Crippen LogP contribution in [-0.2, 0) is 27.3 Å². The Morgan fingerprint density at radius 2 is 2.00 bits per heavy atom. The summed E-state index contributed by atoms with van der Waals surface area (Å²) in [5, 5.41) is 9.49. The third-order valence-electron chi connectivity index (χ3n) is 6.26. The normalized spacial score (nSPS) is 18.4. The molecule has 36 heavy (non-hydrogen) atoms. The van der Waals surface area contributed by atoms with Crippen LogP contribution >= 0.6 is 0 Å². The largest absolute Gasteiger partial charge is 0.474 e. The average molecular weight is 492 g/mol. The molecule has 0 aliphatic carbocycles. The van der Waals surface area contributed by atoms with E-state index in [2.05, 4.69) is 39.7 Å². The van der Waals surface area contributed by atoms with Crippen LogP contribution in [0.4, 0.5) is 0 Å². The van der Waals surface area contributed by atoms with Gasteiger partial charge in [-0.2, -0.15) is 11.2 Å². The van der Waals surface area contributed by atoms with Crippen molar-refractivity contribution in [2.75, 3.05) is 19.8 Å². The maximum atomic E-state index is 9.49.